The second-order valence-corrected chi connectivity index (χ2v) is 7.50. The van der Waals surface area contributed by atoms with Crippen LogP contribution in [0.4, 0.5) is 22.0 Å². The number of ether oxygens (including phenoxy) is 3. The first-order valence-electron chi connectivity index (χ1n) is 10.4. The molecule has 1 aromatic heterocycles. The first-order valence-corrected chi connectivity index (χ1v) is 10.4. The van der Waals surface area contributed by atoms with E-state index in [1.54, 1.807) is 38.6 Å². The zero-order chi connectivity index (χ0) is 21.6. The highest BCUT2D eigenvalue weighted by Crippen LogP contribution is 2.26. The lowest BCUT2D eigenvalue weighted by Crippen LogP contribution is -2.40. The summed E-state index contributed by atoms with van der Waals surface area (Å²) in [5, 5.41) is 14.4. The Labute approximate surface area is 181 Å². The highest BCUT2D eigenvalue weighted by atomic mass is 16.5. The third-order valence-electron chi connectivity index (χ3n) is 5.46. The Morgan fingerprint density at radius 2 is 1.81 bits per heavy atom. The normalized spacial score (nSPS) is 18.6. The first kappa shape index (κ1) is 21.0. The fourth-order valence-electron chi connectivity index (χ4n) is 3.81. The highest BCUT2D eigenvalue weighted by molar-refractivity contribution is 5.90. The molecule has 0 aliphatic carbocycles. The SMILES string of the molecule is COc1cc(NC(=O)NC2CCN(c3cc(N4CCOCC4)cnn3)C2)cc(OC)c1. The summed E-state index contributed by atoms with van der Waals surface area (Å²) in [6, 6.07) is 7.05. The van der Waals surface area contributed by atoms with E-state index >= 15 is 0 Å². The number of methoxy groups -OCH3 is 2. The van der Waals surface area contributed by atoms with Gasteiger partial charge in [-0.1, -0.05) is 0 Å². The Bertz CT molecular complexity index is 883. The zero-order valence-corrected chi connectivity index (χ0v) is 17.8. The monoisotopic (exact) mass is 428 g/mol. The molecular weight excluding hydrogens is 400 g/mol. The number of amides is 2. The van der Waals surface area contributed by atoms with Crippen molar-refractivity contribution >= 4 is 23.2 Å². The smallest absolute Gasteiger partial charge is 0.319 e. The number of anilines is 3. The second kappa shape index (κ2) is 9.69. The zero-order valence-electron chi connectivity index (χ0n) is 17.8. The van der Waals surface area contributed by atoms with Crippen LogP contribution in [0, 0.1) is 0 Å². The average molecular weight is 428 g/mol. The number of morpholine rings is 1. The summed E-state index contributed by atoms with van der Waals surface area (Å²) in [5.41, 5.74) is 1.65. The molecule has 1 atom stereocenters. The number of nitrogens with one attached hydrogen (secondary N) is 2. The minimum absolute atomic E-state index is 0.0151. The number of carbonyl (C=O) groups excluding carboxylic acids is 1. The number of aromatic nitrogens is 2. The standard InChI is InChI=1S/C21H28N6O4/c1-29-18-9-16(10-19(12-18)30-2)24-21(28)23-15-3-4-27(14-15)20-11-17(13-22-25-20)26-5-7-31-8-6-26/h9-13,15H,3-8,14H2,1-2H3,(H2,23,24,28). The Morgan fingerprint density at radius 1 is 1.06 bits per heavy atom. The third kappa shape index (κ3) is 5.26. The Hall–Kier alpha value is -3.27. The molecule has 2 aromatic rings. The molecule has 10 heteroatoms. The Morgan fingerprint density at radius 3 is 2.52 bits per heavy atom. The van der Waals surface area contributed by atoms with Crippen molar-refractivity contribution in [3.63, 3.8) is 0 Å². The summed E-state index contributed by atoms with van der Waals surface area (Å²) in [6.07, 6.45) is 2.62. The van der Waals surface area contributed by atoms with E-state index in [-0.39, 0.29) is 12.1 Å². The highest BCUT2D eigenvalue weighted by Gasteiger charge is 2.26. The second-order valence-electron chi connectivity index (χ2n) is 7.50. The lowest BCUT2D eigenvalue weighted by atomic mass is 10.2. The van der Waals surface area contributed by atoms with Gasteiger partial charge in [0.15, 0.2) is 5.82 Å². The van der Waals surface area contributed by atoms with Crippen LogP contribution in [0.1, 0.15) is 6.42 Å². The van der Waals surface area contributed by atoms with Gasteiger partial charge in [0.05, 0.1) is 39.3 Å². The molecule has 2 aliphatic rings. The number of rotatable bonds is 6. The minimum Gasteiger partial charge on any atom is -0.497 e. The number of benzene rings is 1. The van der Waals surface area contributed by atoms with Gasteiger partial charge in [-0.2, -0.15) is 5.10 Å². The van der Waals surface area contributed by atoms with Gasteiger partial charge in [-0.3, -0.25) is 0 Å². The van der Waals surface area contributed by atoms with Crippen molar-refractivity contribution in [3.8, 4) is 11.5 Å². The van der Waals surface area contributed by atoms with Crippen molar-refractivity contribution in [1.29, 1.82) is 0 Å². The summed E-state index contributed by atoms with van der Waals surface area (Å²) in [5.74, 6) is 2.05. The molecule has 2 aliphatic heterocycles. The molecule has 0 bridgehead atoms. The molecule has 2 fully saturated rings. The van der Waals surface area contributed by atoms with Gasteiger partial charge < -0.3 is 34.6 Å². The van der Waals surface area contributed by atoms with E-state index in [0.29, 0.717) is 23.7 Å². The van der Waals surface area contributed by atoms with E-state index in [2.05, 4.69) is 36.7 Å². The fraction of sp³-hybridized carbons (Fsp3) is 0.476. The number of hydrogen-bond acceptors (Lipinski definition) is 8. The van der Waals surface area contributed by atoms with Crippen LogP contribution >= 0.6 is 0 Å². The van der Waals surface area contributed by atoms with Crippen molar-refractivity contribution in [2.45, 2.75) is 12.5 Å². The van der Waals surface area contributed by atoms with Crippen molar-refractivity contribution in [2.24, 2.45) is 0 Å². The summed E-state index contributed by atoms with van der Waals surface area (Å²) in [7, 11) is 3.14. The van der Waals surface area contributed by atoms with Crippen LogP contribution in [0.15, 0.2) is 30.5 Å². The summed E-state index contributed by atoms with van der Waals surface area (Å²) < 4.78 is 15.9. The van der Waals surface area contributed by atoms with Gasteiger partial charge in [-0.05, 0) is 6.42 Å². The topological polar surface area (TPSA) is 101 Å². The molecule has 0 saturated carbocycles. The lowest BCUT2D eigenvalue weighted by molar-refractivity contribution is 0.122. The van der Waals surface area contributed by atoms with Gasteiger partial charge in [-0.15, -0.1) is 5.10 Å². The van der Waals surface area contributed by atoms with Gasteiger partial charge in [0.25, 0.3) is 0 Å². The van der Waals surface area contributed by atoms with E-state index in [1.807, 2.05) is 0 Å². The molecule has 31 heavy (non-hydrogen) atoms. The molecule has 2 amide bonds. The van der Waals surface area contributed by atoms with Crippen molar-refractivity contribution in [1.82, 2.24) is 15.5 Å². The number of urea groups is 1. The Kier molecular flexibility index (Phi) is 6.56. The molecule has 1 aromatic carbocycles. The summed E-state index contributed by atoms with van der Waals surface area (Å²) in [4.78, 5) is 16.9. The summed E-state index contributed by atoms with van der Waals surface area (Å²) in [6.45, 7) is 4.63. The van der Waals surface area contributed by atoms with E-state index in [9.17, 15) is 4.79 Å². The van der Waals surface area contributed by atoms with Crippen molar-refractivity contribution in [2.75, 3.05) is 68.7 Å². The largest absolute Gasteiger partial charge is 0.497 e. The molecule has 0 spiro atoms. The van der Waals surface area contributed by atoms with E-state index in [4.69, 9.17) is 14.2 Å². The van der Waals surface area contributed by atoms with Crippen LogP contribution in [0.25, 0.3) is 0 Å². The number of nitrogens with zero attached hydrogens (tertiary/aromatic N) is 4. The number of carbonyl (C=O) groups is 1. The van der Waals surface area contributed by atoms with Crippen LogP contribution in [0.5, 0.6) is 11.5 Å². The van der Waals surface area contributed by atoms with Gasteiger partial charge in [0.1, 0.15) is 11.5 Å². The molecule has 3 heterocycles. The molecule has 0 radical (unpaired) electrons. The first-order chi connectivity index (χ1) is 15.1. The Balaban J connectivity index is 1.33. The van der Waals surface area contributed by atoms with Crippen molar-refractivity contribution in [3.05, 3.63) is 30.5 Å². The maximum Gasteiger partial charge on any atom is 0.319 e. The molecule has 2 saturated heterocycles. The lowest BCUT2D eigenvalue weighted by Gasteiger charge is -2.29. The third-order valence-corrected chi connectivity index (χ3v) is 5.46. The average Bonchev–Trinajstić information content (AvgIpc) is 3.27. The van der Waals surface area contributed by atoms with Crippen LogP contribution < -0.4 is 29.9 Å². The number of hydrogen-bond donors (Lipinski definition) is 2. The molecule has 10 nitrogen and oxygen atoms in total. The van der Waals surface area contributed by atoms with E-state index in [0.717, 1.165) is 50.8 Å². The fourth-order valence-corrected chi connectivity index (χ4v) is 3.81. The van der Waals surface area contributed by atoms with Gasteiger partial charge in [0, 0.05) is 62.2 Å². The van der Waals surface area contributed by atoms with E-state index < -0.39 is 0 Å². The van der Waals surface area contributed by atoms with Crippen LogP contribution in [0.2, 0.25) is 0 Å². The molecule has 4 rings (SSSR count). The van der Waals surface area contributed by atoms with Gasteiger partial charge >= 0.3 is 6.03 Å². The maximum absolute atomic E-state index is 12.5. The molecule has 2 N–H and O–H groups in total. The van der Waals surface area contributed by atoms with Gasteiger partial charge in [-0.25, -0.2) is 4.79 Å². The quantitative estimate of drug-likeness (QED) is 0.718. The van der Waals surface area contributed by atoms with Crippen LogP contribution in [0.3, 0.4) is 0 Å². The predicted octanol–water partition coefficient (Wildman–Crippen LogP) is 1.73. The predicted molar refractivity (Wildman–Crippen MR) is 117 cm³/mol. The minimum atomic E-state index is -0.268. The maximum atomic E-state index is 12.5. The van der Waals surface area contributed by atoms with Crippen molar-refractivity contribution < 1.29 is 19.0 Å². The van der Waals surface area contributed by atoms with Gasteiger partial charge in [0.2, 0.25) is 0 Å². The molecular formula is C21H28N6O4. The molecule has 1 unspecified atom stereocenters. The summed E-state index contributed by atoms with van der Waals surface area (Å²) >= 11 is 0. The van der Waals surface area contributed by atoms with Crippen LogP contribution in [-0.4, -0.2) is 75.9 Å². The van der Waals surface area contributed by atoms with Crippen LogP contribution in [-0.2, 0) is 4.74 Å². The van der Waals surface area contributed by atoms with E-state index in [1.165, 1.54) is 0 Å². The molecule has 166 valence electrons.